The largest absolute Gasteiger partial charge is 0.431 e. The first-order chi connectivity index (χ1) is 9.97. The Labute approximate surface area is 134 Å². The summed E-state index contributed by atoms with van der Waals surface area (Å²) in [6, 6.07) is 2.47. The van der Waals surface area contributed by atoms with Gasteiger partial charge in [-0.2, -0.15) is 8.78 Å². The van der Waals surface area contributed by atoms with Gasteiger partial charge in [-0.3, -0.25) is 4.79 Å². The Bertz CT molecular complexity index is 525. The standard InChI is InChI=1S/C13H14BrClF2N2O2/c14-8-5-7(15)6-10(11(8)21-13(16)17)19-12(20)9-3-1-2-4-18-9/h5-6,9,13,18H,1-4H2,(H,19,20)/t9-/m1/s1. The average molecular weight is 384 g/mol. The SMILES string of the molecule is O=C(Nc1cc(Cl)cc(Br)c1OC(F)F)[C@H]1CCCCN1. The Morgan fingerprint density at radius 3 is 2.86 bits per heavy atom. The van der Waals surface area contributed by atoms with Crippen molar-refractivity contribution in [3.05, 3.63) is 21.6 Å². The number of piperidine rings is 1. The van der Waals surface area contributed by atoms with Crippen molar-refractivity contribution in [2.24, 2.45) is 0 Å². The lowest BCUT2D eigenvalue weighted by Gasteiger charge is -2.23. The third-order valence-electron chi connectivity index (χ3n) is 3.10. The van der Waals surface area contributed by atoms with Crippen LogP contribution in [-0.4, -0.2) is 25.1 Å². The van der Waals surface area contributed by atoms with Gasteiger partial charge in [-0.1, -0.05) is 18.0 Å². The van der Waals surface area contributed by atoms with Crippen molar-refractivity contribution in [3.63, 3.8) is 0 Å². The zero-order chi connectivity index (χ0) is 15.4. The molecule has 1 heterocycles. The predicted octanol–water partition coefficient (Wildman–Crippen LogP) is 3.78. The number of alkyl halides is 2. The minimum absolute atomic E-state index is 0.118. The number of carbonyl (C=O) groups excluding carboxylic acids is 1. The molecular weight excluding hydrogens is 370 g/mol. The second-order valence-electron chi connectivity index (χ2n) is 4.63. The summed E-state index contributed by atoms with van der Waals surface area (Å²) in [5.74, 6) is -0.429. The maximum atomic E-state index is 12.5. The minimum Gasteiger partial charge on any atom is -0.431 e. The number of carbonyl (C=O) groups is 1. The summed E-state index contributed by atoms with van der Waals surface area (Å²) in [5.41, 5.74) is 0.118. The second kappa shape index (κ2) is 7.38. The number of anilines is 1. The molecule has 21 heavy (non-hydrogen) atoms. The van der Waals surface area contributed by atoms with Gasteiger partial charge < -0.3 is 15.4 Å². The first-order valence-corrected chi connectivity index (χ1v) is 7.62. The summed E-state index contributed by atoms with van der Waals surface area (Å²) in [7, 11) is 0. The Kier molecular flexibility index (Phi) is 5.78. The van der Waals surface area contributed by atoms with E-state index in [4.69, 9.17) is 11.6 Å². The highest BCUT2D eigenvalue weighted by atomic mass is 79.9. The van der Waals surface area contributed by atoms with Crippen LogP contribution in [0, 0.1) is 0 Å². The van der Waals surface area contributed by atoms with Crippen molar-refractivity contribution in [1.29, 1.82) is 0 Å². The molecule has 0 aliphatic carbocycles. The summed E-state index contributed by atoms with van der Waals surface area (Å²) < 4.78 is 29.6. The van der Waals surface area contributed by atoms with Gasteiger partial charge in [0, 0.05) is 5.02 Å². The van der Waals surface area contributed by atoms with Crippen molar-refractivity contribution in [2.75, 3.05) is 11.9 Å². The fraction of sp³-hybridized carbons (Fsp3) is 0.462. The smallest absolute Gasteiger partial charge is 0.387 e. The molecule has 4 nitrogen and oxygen atoms in total. The molecule has 2 rings (SSSR count). The molecule has 0 aromatic heterocycles. The average Bonchev–Trinajstić information content (AvgIpc) is 2.43. The van der Waals surface area contributed by atoms with Crippen LogP contribution >= 0.6 is 27.5 Å². The van der Waals surface area contributed by atoms with E-state index in [1.165, 1.54) is 12.1 Å². The fourth-order valence-corrected chi connectivity index (χ4v) is 3.06. The maximum Gasteiger partial charge on any atom is 0.387 e. The van der Waals surface area contributed by atoms with Gasteiger partial charge in [-0.15, -0.1) is 0 Å². The molecule has 1 saturated heterocycles. The highest BCUT2D eigenvalue weighted by Gasteiger charge is 2.23. The van der Waals surface area contributed by atoms with Crippen LogP contribution in [0.4, 0.5) is 14.5 Å². The molecule has 1 aromatic carbocycles. The molecule has 0 saturated carbocycles. The molecule has 0 radical (unpaired) electrons. The summed E-state index contributed by atoms with van der Waals surface area (Å²) in [4.78, 5) is 12.2. The zero-order valence-corrected chi connectivity index (χ0v) is 13.3. The van der Waals surface area contributed by atoms with Gasteiger partial charge in [0.05, 0.1) is 16.2 Å². The van der Waals surface area contributed by atoms with Crippen LogP contribution in [0.25, 0.3) is 0 Å². The molecule has 1 aliphatic rings. The van der Waals surface area contributed by atoms with Crippen LogP contribution in [0.2, 0.25) is 5.02 Å². The quantitative estimate of drug-likeness (QED) is 0.832. The highest BCUT2D eigenvalue weighted by Crippen LogP contribution is 2.37. The van der Waals surface area contributed by atoms with Crippen molar-refractivity contribution in [2.45, 2.75) is 31.9 Å². The van der Waals surface area contributed by atoms with E-state index in [1.807, 2.05) is 0 Å². The molecule has 0 unspecified atom stereocenters. The van der Waals surface area contributed by atoms with Crippen LogP contribution in [0.3, 0.4) is 0 Å². The molecular formula is C13H14BrClF2N2O2. The maximum absolute atomic E-state index is 12.5. The van der Waals surface area contributed by atoms with Crippen LogP contribution < -0.4 is 15.4 Å². The van der Waals surface area contributed by atoms with Crippen LogP contribution in [0.5, 0.6) is 5.75 Å². The Balaban J connectivity index is 2.19. The first kappa shape index (κ1) is 16.5. The van der Waals surface area contributed by atoms with E-state index in [1.54, 1.807) is 0 Å². The number of ether oxygens (including phenoxy) is 1. The lowest BCUT2D eigenvalue weighted by molar-refractivity contribution is -0.118. The number of halogens is 4. The van der Waals surface area contributed by atoms with E-state index in [9.17, 15) is 13.6 Å². The van der Waals surface area contributed by atoms with E-state index in [2.05, 4.69) is 31.3 Å². The number of rotatable bonds is 4. The molecule has 1 atom stereocenters. The Morgan fingerprint density at radius 2 is 2.24 bits per heavy atom. The van der Waals surface area contributed by atoms with Gasteiger partial charge in [-0.25, -0.2) is 0 Å². The van der Waals surface area contributed by atoms with E-state index in [0.717, 1.165) is 19.4 Å². The van der Waals surface area contributed by atoms with Gasteiger partial charge in [0.1, 0.15) is 0 Å². The minimum atomic E-state index is -2.99. The van der Waals surface area contributed by atoms with E-state index in [-0.39, 0.29) is 27.9 Å². The van der Waals surface area contributed by atoms with Gasteiger partial charge in [0.2, 0.25) is 5.91 Å². The lowest BCUT2D eigenvalue weighted by atomic mass is 10.0. The number of amides is 1. The monoisotopic (exact) mass is 382 g/mol. The van der Waals surface area contributed by atoms with Crippen molar-refractivity contribution in [3.8, 4) is 5.75 Å². The molecule has 0 bridgehead atoms. The normalized spacial score (nSPS) is 18.6. The molecule has 1 amide bonds. The van der Waals surface area contributed by atoms with Crippen molar-refractivity contribution >= 4 is 39.1 Å². The molecule has 1 fully saturated rings. The van der Waals surface area contributed by atoms with Gasteiger partial charge in [-0.05, 0) is 47.4 Å². The number of benzene rings is 1. The zero-order valence-electron chi connectivity index (χ0n) is 11.0. The lowest BCUT2D eigenvalue weighted by Crippen LogP contribution is -2.43. The van der Waals surface area contributed by atoms with Gasteiger partial charge >= 0.3 is 6.61 Å². The Morgan fingerprint density at radius 1 is 1.48 bits per heavy atom. The number of hydrogen-bond donors (Lipinski definition) is 2. The topological polar surface area (TPSA) is 50.4 Å². The molecule has 1 aromatic rings. The molecule has 2 N–H and O–H groups in total. The molecule has 1 aliphatic heterocycles. The predicted molar refractivity (Wildman–Crippen MR) is 80.1 cm³/mol. The third kappa shape index (κ3) is 4.52. The number of nitrogens with one attached hydrogen (secondary N) is 2. The molecule has 8 heteroatoms. The Hall–Kier alpha value is -0.920. The van der Waals surface area contributed by atoms with Gasteiger partial charge in [0.25, 0.3) is 0 Å². The van der Waals surface area contributed by atoms with Gasteiger partial charge in [0.15, 0.2) is 5.75 Å². The summed E-state index contributed by atoms with van der Waals surface area (Å²) >= 11 is 8.99. The van der Waals surface area contributed by atoms with E-state index in [0.29, 0.717) is 11.4 Å². The summed E-state index contributed by atoms with van der Waals surface area (Å²) in [6.45, 7) is -2.23. The third-order valence-corrected chi connectivity index (χ3v) is 3.91. The second-order valence-corrected chi connectivity index (χ2v) is 5.93. The van der Waals surface area contributed by atoms with Crippen LogP contribution in [0.1, 0.15) is 19.3 Å². The summed E-state index contributed by atoms with van der Waals surface area (Å²) in [5, 5.41) is 5.98. The first-order valence-electron chi connectivity index (χ1n) is 6.45. The fourth-order valence-electron chi connectivity index (χ4n) is 2.16. The molecule has 116 valence electrons. The molecule has 0 spiro atoms. The highest BCUT2D eigenvalue weighted by molar-refractivity contribution is 9.10. The van der Waals surface area contributed by atoms with Crippen LogP contribution in [0.15, 0.2) is 16.6 Å². The van der Waals surface area contributed by atoms with Crippen LogP contribution in [-0.2, 0) is 4.79 Å². The number of hydrogen-bond acceptors (Lipinski definition) is 3. The van der Waals surface area contributed by atoms with E-state index >= 15 is 0 Å². The van der Waals surface area contributed by atoms with E-state index < -0.39 is 6.61 Å². The van der Waals surface area contributed by atoms with Crippen molar-refractivity contribution in [1.82, 2.24) is 5.32 Å². The summed E-state index contributed by atoms with van der Waals surface area (Å²) in [6.07, 6.45) is 2.68. The van der Waals surface area contributed by atoms with Crippen molar-refractivity contribution < 1.29 is 18.3 Å².